The van der Waals surface area contributed by atoms with Crippen molar-refractivity contribution in [2.75, 3.05) is 0 Å². The summed E-state index contributed by atoms with van der Waals surface area (Å²) < 4.78 is 1.73. The molecule has 0 aliphatic heterocycles. The van der Waals surface area contributed by atoms with Crippen molar-refractivity contribution in [1.29, 1.82) is 0 Å². The smallest absolute Gasteiger partial charge is 0.271 e. The fourth-order valence-electron chi connectivity index (χ4n) is 2.74. The molecule has 0 aliphatic rings. The van der Waals surface area contributed by atoms with Gasteiger partial charge in [0.1, 0.15) is 10.7 Å². The lowest BCUT2D eigenvalue weighted by molar-refractivity contribution is 0.0946. The van der Waals surface area contributed by atoms with Gasteiger partial charge in [0.2, 0.25) is 0 Å². The van der Waals surface area contributed by atoms with Crippen LogP contribution in [0.4, 0.5) is 0 Å². The van der Waals surface area contributed by atoms with Crippen molar-refractivity contribution in [2.45, 2.75) is 6.54 Å². The van der Waals surface area contributed by atoms with Gasteiger partial charge in [-0.15, -0.1) is 11.3 Å². The van der Waals surface area contributed by atoms with E-state index in [1.807, 2.05) is 55.7 Å². The first kappa shape index (κ1) is 17.1. The fraction of sp³-hybridized carbons (Fsp3) is 0.100. The lowest BCUT2D eigenvalue weighted by Crippen LogP contribution is -2.23. The highest BCUT2D eigenvalue weighted by atomic mass is 32.1. The number of hydrogen-bond donors (Lipinski definition) is 1. The maximum absolute atomic E-state index is 12.5. The molecule has 27 heavy (non-hydrogen) atoms. The monoisotopic (exact) mass is 375 g/mol. The lowest BCUT2D eigenvalue weighted by Gasteiger charge is -2.07. The predicted octanol–water partition coefficient (Wildman–Crippen LogP) is 3.54. The molecule has 134 valence electrons. The van der Waals surface area contributed by atoms with Crippen LogP contribution in [0.2, 0.25) is 0 Å². The average molecular weight is 375 g/mol. The van der Waals surface area contributed by atoms with Crippen molar-refractivity contribution in [1.82, 2.24) is 25.1 Å². The first-order valence-electron chi connectivity index (χ1n) is 8.43. The SMILES string of the molecule is Cn1cc(-c2ncccc2CNC(=O)c2csc(-c3ccccc3)n2)cn1. The summed E-state index contributed by atoms with van der Waals surface area (Å²) in [4.78, 5) is 21.4. The zero-order valence-corrected chi connectivity index (χ0v) is 15.5. The van der Waals surface area contributed by atoms with E-state index in [0.717, 1.165) is 27.4 Å². The third-order valence-electron chi connectivity index (χ3n) is 4.07. The quantitative estimate of drug-likeness (QED) is 0.579. The molecule has 0 aliphatic carbocycles. The van der Waals surface area contributed by atoms with Crippen molar-refractivity contribution in [2.24, 2.45) is 7.05 Å². The van der Waals surface area contributed by atoms with Gasteiger partial charge >= 0.3 is 0 Å². The summed E-state index contributed by atoms with van der Waals surface area (Å²) in [5, 5.41) is 9.74. The van der Waals surface area contributed by atoms with E-state index in [9.17, 15) is 4.79 Å². The van der Waals surface area contributed by atoms with E-state index in [4.69, 9.17) is 0 Å². The van der Waals surface area contributed by atoms with Gasteiger partial charge < -0.3 is 5.32 Å². The molecule has 1 N–H and O–H groups in total. The van der Waals surface area contributed by atoms with Gasteiger partial charge in [-0.3, -0.25) is 14.5 Å². The van der Waals surface area contributed by atoms with Crippen molar-refractivity contribution in [3.63, 3.8) is 0 Å². The number of pyridine rings is 1. The van der Waals surface area contributed by atoms with E-state index in [0.29, 0.717) is 12.2 Å². The third kappa shape index (κ3) is 3.78. The maximum atomic E-state index is 12.5. The van der Waals surface area contributed by atoms with Gasteiger partial charge in [0.15, 0.2) is 0 Å². The van der Waals surface area contributed by atoms with Crippen LogP contribution >= 0.6 is 11.3 Å². The summed E-state index contributed by atoms with van der Waals surface area (Å²) in [6.45, 7) is 0.370. The summed E-state index contributed by atoms with van der Waals surface area (Å²) in [5.41, 5.74) is 4.09. The number of rotatable bonds is 5. The first-order chi connectivity index (χ1) is 13.2. The summed E-state index contributed by atoms with van der Waals surface area (Å²) in [6, 6.07) is 13.6. The second kappa shape index (κ2) is 7.51. The van der Waals surface area contributed by atoms with Crippen LogP contribution in [0.5, 0.6) is 0 Å². The molecule has 0 fully saturated rings. The molecular formula is C20H17N5OS. The molecule has 3 heterocycles. The Hall–Kier alpha value is -3.32. The van der Waals surface area contributed by atoms with Crippen LogP contribution < -0.4 is 5.32 Å². The van der Waals surface area contributed by atoms with Crippen molar-refractivity contribution in [3.05, 3.63) is 77.7 Å². The Labute approximate surface area is 160 Å². The minimum atomic E-state index is -0.200. The van der Waals surface area contributed by atoms with E-state index < -0.39 is 0 Å². The summed E-state index contributed by atoms with van der Waals surface area (Å²) in [7, 11) is 1.86. The maximum Gasteiger partial charge on any atom is 0.271 e. The largest absolute Gasteiger partial charge is 0.347 e. The number of aromatic nitrogens is 4. The number of hydrogen-bond acceptors (Lipinski definition) is 5. The van der Waals surface area contributed by atoms with Gasteiger partial charge in [-0.2, -0.15) is 5.10 Å². The molecule has 0 bridgehead atoms. The van der Waals surface area contributed by atoms with E-state index >= 15 is 0 Å². The highest BCUT2D eigenvalue weighted by Gasteiger charge is 2.13. The number of nitrogens with one attached hydrogen (secondary N) is 1. The highest BCUT2D eigenvalue weighted by molar-refractivity contribution is 7.13. The van der Waals surface area contributed by atoms with Gasteiger partial charge in [0.05, 0.1) is 11.9 Å². The normalized spacial score (nSPS) is 10.7. The number of amides is 1. The molecule has 0 atom stereocenters. The van der Waals surface area contributed by atoms with Crippen LogP contribution in [0.1, 0.15) is 16.1 Å². The molecule has 0 radical (unpaired) electrons. The molecule has 7 heteroatoms. The molecule has 1 amide bonds. The van der Waals surface area contributed by atoms with Gasteiger partial charge in [0, 0.05) is 42.5 Å². The summed E-state index contributed by atoms with van der Waals surface area (Å²) in [5.74, 6) is -0.200. The Kier molecular flexibility index (Phi) is 4.76. The Balaban J connectivity index is 1.48. The van der Waals surface area contributed by atoms with Crippen LogP contribution in [0.3, 0.4) is 0 Å². The van der Waals surface area contributed by atoms with Crippen LogP contribution in [-0.2, 0) is 13.6 Å². The van der Waals surface area contributed by atoms with E-state index in [1.54, 1.807) is 22.5 Å². The van der Waals surface area contributed by atoms with E-state index in [2.05, 4.69) is 20.4 Å². The second-order valence-corrected chi connectivity index (χ2v) is 6.86. The molecule has 0 unspecified atom stereocenters. The predicted molar refractivity (Wildman–Crippen MR) is 105 cm³/mol. The topological polar surface area (TPSA) is 72.7 Å². The molecule has 1 aromatic carbocycles. The number of nitrogens with zero attached hydrogens (tertiary/aromatic N) is 4. The molecule has 0 spiro atoms. The molecule has 0 saturated carbocycles. The lowest BCUT2D eigenvalue weighted by atomic mass is 10.1. The van der Waals surface area contributed by atoms with E-state index in [-0.39, 0.29) is 5.91 Å². The summed E-state index contributed by atoms with van der Waals surface area (Å²) in [6.07, 6.45) is 5.40. The number of benzene rings is 1. The molecule has 3 aromatic heterocycles. The van der Waals surface area contributed by atoms with Crippen molar-refractivity contribution >= 4 is 17.2 Å². The Bertz CT molecular complexity index is 1070. The van der Waals surface area contributed by atoms with Crippen LogP contribution in [-0.4, -0.2) is 25.7 Å². The molecule has 0 saturated heterocycles. The van der Waals surface area contributed by atoms with Gasteiger partial charge in [0.25, 0.3) is 5.91 Å². The Morgan fingerprint density at radius 3 is 2.78 bits per heavy atom. The van der Waals surface area contributed by atoms with Crippen molar-refractivity contribution < 1.29 is 4.79 Å². The molecule has 4 aromatic rings. The fourth-order valence-corrected chi connectivity index (χ4v) is 3.55. The van der Waals surface area contributed by atoms with Crippen LogP contribution in [0.15, 0.2) is 66.4 Å². The van der Waals surface area contributed by atoms with Crippen LogP contribution in [0, 0.1) is 0 Å². The zero-order valence-electron chi connectivity index (χ0n) is 14.7. The molecule has 6 nitrogen and oxygen atoms in total. The first-order valence-corrected chi connectivity index (χ1v) is 9.31. The standard InChI is InChI=1S/C20H17N5OS/c1-25-12-16(11-23-25)18-15(8-5-9-21-18)10-22-19(26)17-13-27-20(24-17)14-6-3-2-4-7-14/h2-9,11-13H,10H2,1H3,(H,22,26). The van der Waals surface area contributed by atoms with Gasteiger partial charge in [-0.05, 0) is 11.6 Å². The van der Waals surface area contributed by atoms with E-state index in [1.165, 1.54) is 11.3 Å². The third-order valence-corrected chi connectivity index (χ3v) is 4.96. The summed E-state index contributed by atoms with van der Waals surface area (Å²) >= 11 is 1.46. The zero-order chi connectivity index (χ0) is 18.6. The number of carbonyl (C=O) groups is 1. The number of aryl methyl sites for hydroxylation is 1. The minimum absolute atomic E-state index is 0.200. The van der Waals surface area contributed by atoms with Gasteiger partial charge in [-0.25, -0.2) is 4.98 Å². The molecular weight excluding hydrogens is 358 g/mol. The highest BCUT2D eigenvalue weighted by Crippen LogP contribution is 2.24. The minimum Gasteiger partial charge on any atom is -0.347 e. The number of thiazole rings is 1. The average Bonchev–Trinajstić information content (AvgIpc) is 3.36. The Morgan fingerprint density at radius 2 is 2.00 bits per heavy atom. The van der Waals surface area contributed by atoms with Crippen LogP contribution in [0.25, 0.3) is 21.8 Å². The second-order valence-electron chi connectivity index (χ2n) is 6.00. The molecule has 4 rings (SSSR count). The Morgan fingerprint density at radius 1 is 1.15 bits per heavy atom. The van der Waals surface area contributed by atoms with Gasteiger partial charge in [-0.1, -0.05) is 36.4 Å². The number of carbonyl (C=O) groups excluding carboxylic acids is 1. The van der Waals surface area contributed by atoms with Crippen molar-refractivity contribution in [3.8, 4) is 21.8 Å².